The van der Waals surface area contributed by atoms with Gasteiger partial charge in [-0.3, -0.25) is 4.90 Å². The van der Waals surface area contributed by atoms with Gasteiger partial charge in [-0.25, -0.2) is 0 Å². The molecule has 0 bridgehead atoms. The second-order valence-corrected chi connectivity index (χ2v) is 7.28. The average Bonchev–Trinajstić information content (AvgIpc) is 2.91. The molecule has 0 heterocycles. The Hall–Kier alpha value is -0.250. The summed E-state index contributed by atoms with van der Waals surface area (Å²) in [5.41, 5.74) is -0.403. The zero-order chi connectivity index (χ0) is 15.0. The highest BCUT2D eigenvalue weighted by Crippen LogP contribution is 2.43. The Labute approximate surface area is 115 Å². The minimum absolute atomic E-state index is 0.114. The van der Waals surface area contributed by atoms with Crippen LogP contribution in [0, 0.1) is 11.8 Å². The maximum atomic E-state index is 13.4. The van der Waals surface area contributed by atoms with Crippen LogP contribution in [0.5, 0.6) is 0 Å². The molecule has 0 N–H and O–H groups in total. The van der Waals surface area contributed by atoms with Crippen LogP contribution in [0.4, 0.5) is 13.2 Å². The largest absolute Gasteiger partial charge is 0.404 e. The van der Waals surface area contributed by atoms with Gasteiger partial charge in [0, 0.05) is 11.6 Å². The molecule has 19 heavy (non-hydrogen) atoms. The van der Waals surface area contributed by atoms with E-state index in [1.807, 2.05) is 13.8 Å². The van der Waals surface area contributed by atoms with Crippen molar-refractivity contribution in [1.82, 2.24) is 4.90 Å². The topological polar surface area (TPSA) is 3.24 Å². The van der Waals surface area contributed by atoms with E-state index in [1.54, 1.807) is 18.7 Å². The summed E-state index contributed by atoms with van der Waals surface area (Å²) < 4.78 is 40.3. The number of alkyl halides is 3. The number of nitrogens with zero attached hydrogens (tertiary/aromatic N) is 1. The fourth-order valence-corrected chi connectivity index (χ4v) is 3.41. The highest BCUT2D eigenvalue weighted by molar-refractivity contribution is 5.00. The lowest BCUT2D eigenvalue weighted by Gasteiger charge is -2.47. The molecule has 0 radical (unpaired) electrons. The lowest BCUT2D eigenvalue weighted by Crippen LogP contribution is -2.59. The summed E-state index contributed by atoms with van der Waals surface area (Å²) in [6, 6.07) is -1.21. The van der Waals surface area contributed by atoms with Crippen LogP contribution in [-0.2, 0) is 0 Å². The molecule has 0 unspecified atom stereocenters. The van der Waals surface area contributed by atoms with E-state index in [0.29, 0.717) is 5.92 Å². The zero-order valence-electron chi connectivity index (χ0n) is 13.0. The van der Waals surface area contributed by atoms with Crippen molar-refractivity contribution in [2.75, 3.05) is 0 Å². The molecule has 1 aliphatic rings. The lowest BCUT2D eigenvalue weighted by atomic mass is 9.87. The molecule has 0 amide bonds. The van der Waals surface area contributed by atoms with Gasteiger partial charge in [0.2, 0.25) is 0 Å². The summed E-state index contributed by atoms with van der Waals surface area (Å²) >= 11 is 0. The van der Waals surface area contributed by atoms with Gasteiger partial charge in [-0.05, 0) is 44.9 Å². The first-order chi connectivity index (χ1) is 8.47. The van der Waals surface area contributed by atoms with E-state index in [0.717, 1.165) is 19.3 Å². The summed E-state index contributed by atoms with van der Waals surface area (Å²) in [5.74, 6) is -0.00988. The van der Waals surface area contributed by atoms with Crippen LogP contribution in [0.3, 0.4) is 0 Å². The van der Waals surface area contributed by atoms with Crippen molar-refractivity contribution in [3.63, 3.8) is 0 Å². The maximum absolute atomic E-state index is 13.4. The van der Waals surface area contributed by atoms with Crippen LogP contribution in [0.25, 0.3) is 0 Å². The fraction of sp³-hybridized carbons (Fsp3) is 1.00. The minimum atomic E-state index is -4.15. The van der Waals surface area contributed by atoms with Gasteiger partial charge in [0.1, 0.15) is 6.04 Å². The van der Waals surface area contributed by atoms with Crippen LogP contribution in [0.1, 0.15) is 60.8 Å². The van der Waals surface area contributed by atoms with Gasteiger partial charge in [-0.15, -0.1) is 0 Å². The average molecular weight is 279 g/mol. The van der Waals surface area contributed by atoms with E-state index in [-0.39, 0.29) is 6.04 Å². The monoisotopic (exact) mass is 279 g/mol. The number of halogens is 3. The molecular formula is C15H28F3N. The van der Waals surface area contributed by atoms with Crippen molar-refractivity contribution in [2.45, 2.75) is 84.6 Å². The minimum Gasteiger partial charge on any atom is -0.284 e. The molecule has 1 rings (SSSR count). The first kappa shape index (κ1) is 16.8. The van der Waals surface area contributed by atoms with Crippen LogP contribution < -0.4 is 0 Å². The van der Waals surface area contributed by atoms with Crippen molar-refractivity contribution in [1.29, 1.82) is 0 Å². The Bertz CT molecular complexity index is 290. The van der Waals surface area contributed by atoms with Gasteiger partial charge in [-0.2, -0.15) is 13.2 Å². The van der Waals surface area contributed by atoms with E-state index >= 15 is 0 Å². The quantitative estimate of drug-likeness (QED) is 0.671. The van der Waals surface area contributed by atoms with Crippen LogP contribution >= 0.6 is 0 Å². The Balaban J connectivity index is 3.04. The molecule has 0 aromatic heterocycles. The summed E-state index contributed by atoms with van der Waals surface area (Å²) in [7, 11) is 0. The van der Waals surface area contributed by atoms with E-state index in [1.165, 1.54) is 0 Å². The Morgan fingerprint density at radius 3 is 1.79 bits per heavy atom. The molecule has 0 aromatic carbocycles. The molecule has 1 nitrogen and oxygen atoms in total. The van der Waals surface area contributed by atoms with Crippen LogP contribution in [0.2, 0.25) is 0 Å². The standard InChI is InChI=1S/C15H28F3N/c1-10(2)9-14(5,6)19(12-7-8-12)13(11(3)4)15(16,17)18/h10-13H,7-9H2,1-6H3/t13-/m1/s1. The number of rotatable bonds is 6. The maximum Gasteiger partial charge on any atom is 0.404 e. The van der Waals surface area contributed by atoms with Crippen molar-refractivity contribution in [2.24, 2.45) is 11.8 Å². The van der Waals surface area contributed by atoms with Crippen molar-refractivity contribution in [3.05, 3.63) is 0 Å². The van der Waals surface area contributed by atoms with Crippen LogP contribution in [-0.4, -0.2) is 28.7 Å². The van der Waals surface area contributed by atoms with Crippen molar-refractivity contribution < 1.29 is 13.2 Å². The third kappa shape index (κ3) is 4.37. The molecule has 0 saturated heterocycles. The molecule has 1 atom stereocenters. The molecule has 1 saturated carbocycles. The second kappa shape index (κ2) is 5.63. The summed E-state index contributed by atoms with van der Waals surface area (Å²) in [6.07, 6.45) is -1.55. The van der Waals surface area contributed by atoms with Gasteiger partial charge < -0.3 is 0 Å². The zero-order valence-corrected chi connectivity index (χ0v) is 13.0. The van der Waals surface area contributed by atoms with Gasteiger partial charge in [0.25, 0.3) is 0 Å². The molecule has 0 aliphatic heterocycles. The van der Waals surface area contributed by atoms with E-state index in [2.05, 4.69) is 13.8 Å². The summed E-state index contributed by atoms with van der Waals surface area (Å²) in [6.45, 7) is 11.4. The van der Waals surface area contributed by atoms with Crippen molar-refractivity contribution >= 4 is 0 Å². The Morgan fingerprint density at radius 1 is 1.05 bits per heavy atom. The van der Waals surface area contributed by atoms with Gasteiger partial charge in [-0.1, -0.05) is 27.7 Å². The molecule has 0 aromatic rings. The van der Waals surface area contributed by atoms with E-state index in [9.17, 15) is 13.2 Å². The highest BCUT2D eigenvalue weighted by Gasteiger charge is 2.53. The predicted molar refractivity (Wildman–Crippen MR) is 73.1 cm³/mol. The van der Waals surface area contributed by atoms with Crippen LogP contribution in [0.15, 0.2) is 0 Å². The Kier molecular flexibility index (Phi) is 4.98. The van der Waals surface area contributed by atoms with Gasteiger partial charge in [0.05, 0.1) is 0 Å². The molecular weight excluding hydrogens is 251 g/mol. The third-order valence-corrected chi connectivity index (χ3v) is 3.81. The Morgan fingerprint density at radius 2 is 1.53 bits per heavy atom. The molecule has 1 aliphatic carbocycles. The number of hydrogen-bond donors (Lipinski definition) is 0. The van der Waals surface area contributed by atoms with E-state index < -0.39 is 23.7 Å². The second-order valence-electron chi connectivity index (χ2n) is 7.28. The first-order valence-corrected chi connectivity index (χ1v) is 7.32. The van der Waals surface area contributed by atoms with Gasteiger partial charge >= 0.3 is 6.18 Å². The predicted octanol–water partition coefficient (Wildman–Crippen LogP) is 4.86. The first-order valence-electron chi connectivity index (χ1n) is 7.32. The lowest BCUT2D eigenvalue weighted by molar-refractivity contribution is -0.212. The fourth-order valence-electron chi connectivity index (χ4n) is 3.41. The molecule has 4 heteroatoms. The third-order valence-electron chi connectivity index (χ3n) is 3.81. The highest BCUT2D eigenvalue weighted by atomic mass is 19.4. The summed E-state index contributed by atoms with van der Waals surface area (Å²) in [5, 5.41) is 0. The molecule has 1 fully saturated rings. The molecule has 0 spiro atoms. The summed E-state index contributed by atoms with van der Waals surface area (Å²) in [4.78, 5) is 1.76. The number of hydrogen-bond acceptors (Lipinski definition) is 1. The molecule has 114 valence electrons. The normalized spacial score (nSPS) is 19.6. The smallest absolute Gasteiger partial charge is 0.284 e. The van der Waals surface area contributed by atoms with Gasteiger partial charge in [0.15, 0.2) is 0 Å². The van der Waals surface area contributed by atoms with E-state index in [4.69, 9.17) is 0 Å². The SMILES string of the molecule is CC(C)CC(C)(C)N(C1CC1)[C@H](C(C)C)C(F)(F)F. The van der Waals surface area contributed by atoms with Crippen molar-refractivity contribution in [3.8, 4) is 0 Å².